The Morgan fingerprint density at radius 2 is 2.00 bits per heavy atom. The lowest BCUT2D eigenvalue weighted by Gasteiger charge is -2.10. The molecule has 2 atom stereocenters. The van der Waals surface area contributed by atoms with E-state index in [0.717, 1.165) is 19.4 Å². The lowest BCUT2D eigenvalue weighted by Crippen LogP contribution is -2.30. The maximum absolute atomic E-state index is 8.90. The standard InChI is InChI=1S/C8H19NO2/c1-7(6-10)9-5-3-4-8(2)11/h7-11H,3-6H2,1-2H3. The minimum absolute atomic E-state index is 0.170. The van der Waals surface area contributed by atoms with Crippen molar-refractivity contribution < 1.29 is 10.2 Å². The molecule has 0 aromatic heterocycles. The molecule has 3 nitrogen and oxygen atoms in total. The lowest BCUT2D eigenvalue weighted by atomic mass is 10.2. The summed E-state index contributed by atoms with van der Waals surface area (Å²) in [6, 6.07) is 0.170. The highest BCUT2D eigenvalue weighted by atomic mass is 16.3. The third-order valence-electron chi connectivity index (χ3n) is 1.57. The van der Waals surface area contributed by atoms with E-state index in [1.807, 2.05) is 6.92 Å². The Balaban J connectivity index is 3.01. The van der Waals surface area contributed by atoms with Gasteiger partial charge in [0.05, 0.1) is 12.7 Å². The zero-order valence-corrected chi connectivity index (χ0v) is 7.38. The topological polar surface area (TPSA) is 52.5 Å². The molecule has 0 saturated carbocycles. The molecule has 0 aromatic rings. The number of aliphatic hydroxyl groups is 2. The summed E-state index contributed by atoms with van der Waals surface area (Å²) >= 11 is 0. The number of aliphatic hydroxyl groups excluding tert-OH is 2. The summed E-state index contributed by atoms with van der Waals surface area (Å²) in [6.45, 7) is 4.76. The summed E-state index contributed by atoms with van der Waals surface area (Å²) in [7, 11) is 0. The molecule has 11 heavy (non-hydrogen) atoms. The van der Waals surface area contributed by atoms with E-state index in [2.05, 4.69) is 5.32 Å². The van der Waals surface area contributed by atoms with Gasteiger partial charge in [0.15, 0.2) is 0 Å². The second-order valence-electron chi connectivity index (χ2n) is 3.03. The molecular formula is C8H19NO2. The Morgan fingerprint density at radius 3 is 2.45 bits per heavy atom. The van der Waals surface area contributed by atoms with Crippen molar-refractivity contribution in [2.75, 3.05) is 13.2 Å². The third-order valence-corrected chi connectivity index (χ3v) is 1.57. The number of hydrogen-bond acceptors (Lipinski definition) is 3. The van der Waals surface area contributed by atoms with Crippen LogP contribution in [-0.2, 0) is 0 Å². The quantitative estimate of drug-likeness (QED) is 0.485. The van der Waals surface area contributed by atoms with Gasteiger partial charge in [-0.05, 0) is 33.2 Å². The molecule has 0 aliphatic heterocycles. The van der Waals surface area contributed by atoms with Crippen LogP contribution in [0.5, 0.6) is 0 Å². The first-order valence-electron chi connectivity index (χ1n) is 4.19. The van der Waals surface area contributed by atoms with Crippen molar-refractivity contribution in [3.8, 4) is 0 Å². The first-order chi connectivity index (χ1) is 5.16. The van der Waals surface area contributed by atoms with Gasteiger partial charge in [0, 0.05) is 6.04 Å². The average molecular weight is 161 g/mol. The highest BCUT2D eigenvalue weighted by Gasteiger charge is 1.98. The van der Waals surface area contributed by atoms with Crippen LogP contribution in [0.15, 0.2) is 0 Å². The molecule has 3 heteroatoms. The van der Waals surface area contributed by atoms with Crippen LogP contribution >= 0.6 is 0 Å². The van der Waals surface area contributed by atoms with Crippen molar-refractivity contribution in [2.45, 2.75) is 38.8 Å². The number of rotatable bonds is 6. The predicted molar refractivity (Wildman–Crippen MR) is 45.5 cm³/mol. The lowest BCUT2D eigenvalue weighted by molar-refractivity contribution is 0.179. The summed E-state index contributed by atoms with van der Waals surface area (Å²) in [5, 5.41) is 20.7. The third kappa shape index (κ3) is 7.78. The maximum atomic E-state index is 8.90. The van der Waals surface area contributed by atoms with E-state index in [0.29, 0.717) is 0 Å². The van der Waals surface area contributed by atoms with E-state index in [4.69, 9.17) is 10.2 Å². The minimum Gasteiger partial charge on any atom is -0.395 e. The molecule has 0 amide bonds. The van der Waals surface area contributed by atoms with E-state index in [1.54, 1.807) is 6.92 Å². The van der Waals surface area contributed by atoms with Crippen LogP contribution in [0.4, 0.5) is 0 Å². The second-order valence-corrected chi connectivity index (χ2v) is 3.03. The molecule has 0 radical (unpaired) electrons. The van der Waals surface area contributed by atoms with Gasteiger partial charge >= 0.3 is 0 Å². The van der Waals surface area contributed by atoms with E-state index < -0.39 is 0 Å². The van der Waals surface area contributed by atoms with Crippen LogP contribution in [0, 0.1) is 0 Å². The summed E-state index contributed by atoms with van der Waals surface area (Å²) in [5.41, 5.74) is 0. The highest BCUT2D eigenvalue weighted by molar-refractivity contribution is 4.58. The molecule has 0 aromatic carbocycles. The van der Waals surface area contributed by atoms with Crippen molar-refractivity contribution in [3.63, 3.8) is 0 Å². The Morgan fingerprint density at radius 1 is 1.36 bits per heavy atom. The first-order valence-corrected chi connectivity index (χ1v) is 4.19. The second kappa shape index (κ2) is 6.58. The maximum Gasteiger partial charge on any atom is 0.0581 e. The summed E-state index contributed by atoms with van der Waals surface area (Å²) in [4.78, 5) is 0. The SMILES string of the molecule is CC(O)CCCNC(C)CO. The molecule has 0 bridgehead atoms. The van der Waals surface area contributed by atoms with Crippen molar-refractivity contribution in [1.82, 2.24) is 5.32 Å². The van der Waals surface area contributed by atoms with E-state index in [1.165, 1.54) is 0 Å². The highest BCUT2D eigenvalue weighted by Crippen LogP contribution is 1.93. The zero-order chi connectivity index (χ0) is 8.69. The Kier molecular flexibility index (Phi) is 6.51. The molecular weight excluding hydrogens is 142 g/mol. The van der Waals surface area contributed by atoms with Crippen molar-refractivity contribution in [1.29, 1.82) is 0 Å². The fraction of sp³-hybridized carbons (Fsp3) is 1.00. The monoisotopic (exact) mass is 161 g/mol. The molecule has 0 aliphatic carbocycles. The average Bonchev–Trinajstić information content (AvgIpc) is 1.97. The molecule has 3 N–H and O–H groups in total. The van der Waals surface area contributed by atoms with Gasteiger partial charge < -0.3 is 15.5 Å². The van der Waals surface area contributed by atoms with Crippen molar-refractivity contribution in [2.24, 2.45) is 0 Å². The normalized spacial score (nSPS) is 16.4. The van der Waals surface area contributed by atoms with E-state index >= 15 is 0 Å². The van der Waals surface area contributed by atoms with Gasteiger partial charge in [-0.15, -0.1) is 0 Å². The Hall–Kier alpha value is -0.120. The molecule has 0 aliphatic rings. The predicted octanol–water partition coefficient (Wildman–Crippen LogP) is 0.118. The molecule has 0 saturated heterocycles. The molecule has 0 fully saturated rings. The van der Waals surface area contributed by atoms with E-state index in [-0.39, 0.29) is 18.8 Å². The van der Waals surface area contributed by atoms with Gasteiger partial charge in [0.2, 0.25) is 0 Å². The van der Waals surface area contributed by atoms with Crippen LogP contribution in [0.25, 0.3) is 0 Å². The molecule has 68 valence electrons. The van der Waals surface area contributed by atoms with Crippen molar-refractivity contribution in [3.05, 3.63) is 0 Å². The Bertz CT molecular complexity index is 86.2. The summed E-state index contributed by atoms with van der Waals surface area (Å²) < 4.78 is 0. The number of nitrogens with one attached hydrogen (secondary N) is 1. The van der Waals surface area contributed by atoms with Crippen LogP contribution in [0.1, 0.15) is 26.7 Å². The summed E-state index contributed by atoms with van der Waals surface area (Å²) in [6.07, 6.45) is 1.58. The largest absolute Gasteiger partial charge is 0.395 e. The fourth-order valence-corrected chi connectivity index (χ4v) is 0.810. The molecule has 2 unspecified atom stereocenters. The van der Waals surface area contributed by atoms with Crippen molar-refractivity contribution >= 4 is 0 Å². The van der Waals surface area contributed by atoms with Gasteiger partial charge in [-0.1, -0.05) is 0 Å². The van der Waals surface area contributed by atoms with Gasteiger partial charge in [0.25, 0.3) is 0 Å². The number of hydrogen-bond donors (Lipinski definition) is 3. The van der Waals surface area contributed by atoms with Gasteiger partial charge in [0.1, 0.15) is 0 Å². The van der Waals surface area contributed by atoms with Crippen LogP contribution in [0.2, 0.25) is 0 Å². The smallest absolute Gasteiger partial charge is 0.0581 e. The van der Waals surface area contributed by atoms with Crippen LogP contribution in [-0.4, -0.2) is 35.5 Å². The van der Waals surface area contributed by atoms with Crippen LogP contribution in [0.3, 0.4) is 0 Å². The summed E-state index contributed by atoms with van der Waals surface area (Å²) in [5.74, 6) is 0. The first kappa shape index (κ1) is 10.9. The van der Waals surface area contributed by atoms with Gasteiger partial charge in [-0.3, -0.25) is 0 Å². The zero-order valence-electron chi connectivity index (χ0n) is 7.38. The van der Waals surface area contributed by atoms with E-state index in [9.17, 15) is 0 Å². The van der Waals surface area contributed by atoms with Gasteiger partial charge in [-0.2, -0.15) is 0 Å². The van der Waals surface area contributed by atoms with Crippen LogP contribution < -0.4 is 5.32 Å². The Labute approximate surface area is 68.4 Å². The van der Waals surface area contributed by atoms with Gasteiger partial charge in [-0.25, -0.2) is 0 Å². The molecule has 0 rings (SSSR count). The molecule has 0 heterocycles. The molecule has 0 spiro atoms. The minimum atomic E-state index is -0.207. The fourth-order valence-electron chi connectivity index (χ4n) is 0.810.